The van der Waals surface area contributed by atoms with Crippen LogP contribution in [-0.4, -0.2) is 34.0 Å². The first-order chi connectivity index (χ1) is 11.5. The Kier molecular flexibility index (Phi) is 4.85. The van der Waals surface area contributed by atoms with E-state index in [1.807, 2.05) is 12.1 Å². The molecule has 1 aromatic carbocycles. The third-order valence-electron chi connectivity index (χ3n) is 4.12. The van der Waals surface area contributed by atoms with E-state index in [2.05, 4.69) is 15.3 Å². The van der Waals surface area contributed by atoms with Crippen LogP contribution in [0.15, 0.2) is 35.1 Å². The summed E-state index contributed by atoms with van der Waals surface area (Å²) in [5.41, 5.74) is 1.18. The molecule has 7 heteroatoms. The summed E-state index contributed by atoms with van der Waals surface area (Å²) >= 11 is 6.09. The number of amides is 2. The summed E-state index contributed by atoms with van der Waals surface area (Å²) in [5, 5.41) is 3.35. The quantitative estimate of drug-likeness (QED) is 0.876. The number of carbonyl (C=O) groups excluding carboxylic acids is 1. The Morgan fingerprint density at radius 3 is 2.96 bits per heavy atom. The second-order valence-corrected chi connectivity index (χ2v) is 6.36. The maximum Gasteiger partial charge on any atom is 0.321 e. The topological polar surface area (TPSA) is 78.1 Å². The number of rotatable bonds is 2. The average Bonchev–Trinajstić information content (AvgIpc) is 2.56. The Morgan fingerprint density at radius 2 is 2.21 bits per heavy atom. The number of carbonyl (C=O) groups is 1. The van der Waals surface area contributed by atoms with Crippen LogP contribution in [0.2, 0.25) is 5.02 Å². The molecule has 1 fully saturated rings. The summed E-state index contributed by atoms with van der Waals surface area (Å²) in [4.78, 5) is 33.0. The van der Waals surface area contributed by atoms with Gasteiger partial charge in [0.15, 0.2) is 0 Å². The van der Waals surface area contributed by atoms with Gasteiger partial charge in [-0.3, -0.25) is 4.79 Å². The van der Waals surface area contributed by atoms with Crippen molar-refractivity contribution < 1.29 is 4.79 Å². The number of benzene rings is 1. The highest BCUT2D eigenvalue weighted by atomic mass is 35.5. The lowest BCUT2D eigenvalue weighted by molar-refractivity contribution is 0.192. The van der Waals surface area contributed by atoms with Gasteiger partial charge in [0, 0.05) is 25.1 Å². The van der Waals surface area contributed by atoms with E-state index in [4.69, 9.17) is 11.6 Å². The lowest BCUT2D eigenvalue weighted by Crippen LogP contribution is -2.42. The Morgan fingerprint density at radius 1 is 1.42 bits per heavy atom. The van der Waals surface area contributed by atoms with Crippen LogP contribution in [0.1, 0.15) is 30.3 Å². The third-order valence-corrected chi connectivity index (χ3v) is 4.45. The van der Waals surface area contributed by atoms with Gasteiger partial charge in [0.2, 0.25) is 0 Å². The first-order valence-electron chi connectivity index (χ1n) is 7.91. The van der Waals surface area contributed by atoms with E-state index >= 15 is 0 Å². The van der Waals surface area contributed by atoms with Crippen LogP contribution >= 0.6 is 11.6 Å². The Balaban J connectivity index is 1.72. The monoisotopic (exact) mass is 346 g/mol. The smallest absolute Gasteiger partial charge is 0.321 e. The molecule has 2 heterocycles. The number of halogens is 1. The summed E-state index contributed by atoms with van der Waals surface area (Å²) in [6.07, 6.45) is 1.78. The molecule has 2 amide bonds. The maximum atomic E-state index is 12.5. The predicted molar refractivity (Wildman–Crippen MR) is 93.6 cm³/mol. The zero-order valence-electron chi connectivity index (χ0n) is 13.4. The molecule has 2 N–H and O–H groups in total. The number of aromatic amines is 1. The molecular formula is C17H19ClN4O2. The van der Waals surface area contributed by atoms with Crippen LogP contribution in [0.3, 0.4) is 0 Å². The van der Waals surface area contributed by atoms with Gasteiger partial charge in [-0.05, 0) is 31.9 Å². The highest BCUT2D eigenvalue weighted by Crippen LogP contribution is 2.26. The molecule has 1 aliphatic heterocycles. The molecule has 0 saturated carbocycles. The van der Waals surface area contributed by atoms with Crippen LogP contribution in [0.4, 0.5) is 10.5 Å². The van der Waals surface area contributed by atoms with Gasteiger partial charge < -0.3 is 15.2 Å². The summed E-state index contributed by atoms with van der Waals surface area (Å²) in [5.74, 6) is 0.659. The van der Waals surface area contributed by atoms with Crippen molar-refractivity contribution in [2.24, 2.45) is 0 Å². The first-order valence-corrected chi connectivity index (χ1v) is 8.29. The highest BCUT2D eigenvalue weighted by molar-refractivity contribution is 6.33. The molecule has 1 atom stereocenters. The zero-order valence-corrected chi connectivity index (χ0v) is 14.1. The first kappa shape index (κ1) is 16.5. The van der Waals surface area contributed by atoms with Crippen molar-refractivity contribution in [3.05, 3.63) is 57.2 Å². The molecule has 0 unspecified atom stereocenters. The molecular weight excluding hydrogens is 328 g/mol. The van der Waals surface area contributed by atoms with Gasteiger partial charge in [-0.2, -0.15) is 0 Å². The molecule has 0 aliphatic carbocycles. The van der Waals surface area contributed by atoms with Gasteiger partial charge >= 0.3 is 6.03 Å². The number of hydrogen-bond donors (Lipinski definition) is 2. The van der Waals surface area contributed by atoms with E-state index in [0.29, 0.717) is 29.6 Å². The SMILES string of the molecule is Cc1nc([C@H]2CCCN(C(=O)Nc3ccccc3Cl)C2)cc(=O)[nH]1. The molecule has 0 radical (unpaired) electrons. The van der Waals surface area contributed by atoms with Crippen LogP contribution in [-0.2, 0) is 0 Å². The van der Waals surface area contributed by atoms with Crippen LogP contribution in [0, 0.1) is 6.92 Å². The standard InChI is InChI=1S/C17H19ClN4O2/c1-11-19-15(9-16(23)20-11)12-5-4-8-22(10-12)17(24)21-14-7-3-2-6-13(14)18/h2-3,6-7,9,12H,4-5,8,10H2,1H3,(H,21,24)(H,19,20,23)/t12-/m0/s1. The minimum absolute atomic E-state index is 0.0664. The number of H-pyrrole nitrogens is 1. The van der Waals surface area contributed by atoms with Gasteiger partial charge in [-0.25, -0.2) is 9.78 Å². The number of anilines is 1. The zero-order chi connectivity index (χ0) is 17.1. The van der Waals surface area contributed by atoms with E-state index in [9.17, 15) is 9.59 Å². The van der Waals surface area contributed by atoms with E-state index in [-0.39, 0.29) is 17.5 Å². The van der Waals surface area contributed by atoms with Crippen LogP contribution in [0.5, 0.6) is 0 Å². The van der Waals surface area contributed by atoms with Crippen molar-refractivity contribution >= 4 is 23.3 Å². The second kappa shape index (κ2) is 7.05. The second-order valence-electron chi connectivity index (χ2n) is 5.95. The lowest BCUT2D eigenvalue weighted by atomic mass is 9.94. The summed E-state index contributed by atoms with van der Waals surface area (Å²) in [6.45, 7) is 2.97. The number of nitrogens with zero attached hydrogens (tertiary/aromatic N) is 2. The lowest BCUT2D eigenvalue weighted by Gasteiger charge is -2.32. The fourth-order valence-electron chi connectivity index (χ4n) is 2.97. The maximum absolute atomic E-state index is 12.5. The highest BCUT2D eigenvalue weighted by Gasteiger charge is 2.26. The van der Waals surface area contributed by atoms with E-state index in [0.717, 1.165) is 18.5 Å². The Bertz CT molecular complexity index is 805. The largest absolute Gasteiger partial charge is 0.324 e. The number of nitrogens with one attached hydrogen (secondary N) is 2. The van der Waals surface area contributed by atoms with E-state index in [1.54, 1.807) is 24.0 Å². The van der Waals surface area contributed by atoms with Crippen molar-refractivity contribution in [1.82, 2.24) is 14.9 Å². The number of likely N-dealkylation sites (tertiary alicyclic amines) is 1. The van der Waals surface area contributed by atoms with Gasteiger partial charge in [0.05, 0.1) is 16.4 Å². The number of hydrogen-bond acceptors (Lipinski definition) is 3. The van der Waals surface area contributed by atoms with Gasteiger partial charge in [-0.1, -0.05) is 23.7 Å². The molecule has 126 valence electrons. The van der Waals surface area contributed by atoms with Crippen molar-refractivity contribution in [3.63, 3.8) is 0 Å². The van der Waals surface area contributed by atoms with Crippen LogP contribution < -0.4 is 10.9 Å². The normalized spacial score (nSPS) is 17.6. The molecule has 0 bridgehead atoms. The molecule has 24 heavy (non-hydrogen) atoms. The molecule has 1 aromatic heterocycles. The number of para-hydroxylation sites is 1. The van der Waals surface area contributed by atoms with Gasteiger partial charge in [0.25, 0.3) is 5.56 Å². The molecule has 0 spiro atoms. The summed E-state index contributed by atoms with van der Waals surface area (Å²) < 4.78 is 0. The fraction of sp³-hybridized carbons (Fsp3) is 0.353. The average molecular weight is 347 g/mol. The van der Waals surface area contributed by atoms with Gasteiger partial charge in [0.1, 0.15) is 5.82 Å². The number of aromatic nitrogens is 2. The number of piperidine rings is 1. The van der Waals surface area contributed by atoms with Crippen molar-refractivity contribution in [2.75, 3.05) is 18.4 Å². The number of urea groups is 1. The molecule has 1 saturated heterocycles. The minimum atomic E-state index is -0.186. The third kappa shape index (κ3) is 3.76. The summed E-state index contributed by atoms with van der Waals surface area (Å²) in [7, 11) is 0. The van der Waals surface area contributed by atoms with E-state index in [1.165, 1.54) is 6.07 Å². The molecule has 2 aromatic rings. The Hall–Kier alpha value is -2.34. The minimum Gasteiger partial charge on any atom is -0.324 e. The fourth-order valence-corrected chi connectivity index (χ4v) is 3.15. The van der Waals surface area contributed by atoms with Crippen LogP contribution in [0.25, 0.3) is 0 Å². The summed E-state index contributed by atoms with van der Waals surface area (Å²) in [6, 6.07) is 8.48. The molecule has 3 rings (SSSR count). The van der Waals surface area contributed by atoms with Crippen molar-refractivity contribution in [3.8, 4) is 0 Å². The predicted octanol–water partition coefficient (Wildman–Crippen LogP) is 3.14. The molecule has 1 aliphatic rings. The van der Waals surface area contributed by atoms with Crippen molar-refractivity contribution in [2.45, 2.75) is 25.7 Å². The number of aryl methyl sites for hydroxylation is 1. The molecule has 6 nitrogen and oxygen atoms in total. The van der Waals surface area contributed by atoms with Gasteiger partial charge in [-0.15, -0.1) is 0 Å². The Labute approximate surface area is 144 Å². The van der Waals surface area contributed by atoms with Crippen molar-refractivity contribution in [1.29, 1.82) is 0 Å². The van der Waals surface area contributed by atoms with E-state index < -0.39 is 0 Å².